The van der Waals surface area contributed by atoms with Crippen molar-refractivity contribution < 1.29 is 39.9 Å². The van der Waals surface area contributed by atoms with Crippen molar-refractivity contribution in [3.8, 4) is 0 Å². The molecule has 13 heteroatoms. The maximum Gasteiger partial charge on any atom is 0.430 e. The molecule has 1 aliphatic carbocycles. The lowest BCUT2D eigenvalue weighted by Crippen LogP contribution is -2.54. The molecular weight excluding hydrogens is 494 g/mol. The van der Waals surface area contributed by atoms with Gasteiger partial charge in [-0.05, 0) is 25.1 Å². The van der Waals surface area contributed by atoms with Gasteiger partial charge in [0, 0.05) is 48.2 Å². The summed E-state index contributed by atoms with van der Waals surface area (Å²) >= 11 is 5.15. The molecule has 0 aromatic heterocycles. The first-order valence-electron chi connectivity index (χ1n) is 9.74. The Kier molecular flexibility index (Phi) is 6.75. The van der Waals surface area contributed by atoms with Crippen LogP contribution in [0.4, 0.5) is 32.0 Å². The predicted molar refractivity (Wildman–Crippen MR) is 114 cm³/mol. The number of sulfonamides is 1. The Hall–Kier alpha value is -1.96. The Bertz CT molecular complexity index is 1060. The van der Waals surface area contributed by atoms with Crippen molar-refractivity contribution in [3.05, 3.63) is 53.0 Å². The standard InChI is InChI=1S/C20H20F6N2O3S2/c1-13-12-27(33(30,31)17-5-3-2-4-16(17)32)10-11-28(13)15-8-6-14(7-9-15)18(29,19(21,22)23)20(24,25)26/h2-3,5-9,13,29H,4,10-12H2,1H3/t13-/m0/s1. The van der Waals surface area contributed by atoms with Gasteiger partial charge in [0.15, 0.2) is 0 Å². The number of piperazine rings is 1. The highest BCUT2D eigenvalue weighted by molar-refractivity contribution is 7.96. The van der Waals surface area contributed by atoms with E-state index in [1.54, 1.807) is 24.0 Å². The molecule has 0 amide bonds. The second-order valence-corrected chi connectivity index (χ2v) is 10.1. The normalized spacial score (nSPS) is 21.3. The molecule has 33 heavy (non-hydrogen) atoms. The molecule has 0 radical (unpaired) electrons. The number of halogens is 6. The van der Waals surface area contributed by atoms with Gasteiger partial charge in [-0.3, -0.25) is 0 Å². The minimum Gasteiger partial charge on any atom is -0.369 e. The molecule has 2 aliphatic rings. The molecule has 1 aromatic carbocycles. The molecule has 1 aromatic rings. The van der Waals surface area contributed by atoms with Gasteiger partial charge in [-0.2, -0.15) is 30.6 Å². The van der Waals surface area contributed by atoms with Gasteiger partial charge in [-0.15, -0.1) is 0 Å². The van der Waals surface area contributed by atoms with Crippen LogP contribution in [0.5, 0.6) is 0 Å². The average molecular weight is 515 g/mol. The van der Waals surface area contributed by atoms with Gasteiger partial charge in [0.1, 0.15) is 0 Å². The van der Waals surface area contributed by atoms with E-state index in [0.29, 0.717) is 29.1 Å². The Labute approximate surface area is 192 Å². The van der Waals surface area contributed by atoms with Crippen molar-refractivity contribution in [2.24, 2.45) is 0 Å². The van der Waals surface area contributed by atoms with Gasteiger partial charge in [-0.25, -0.2) is 8.42 Å². The highest BCUT2D eigenvalue weighted by atomic mass is 32.2. The fourth-order valence-corrected chi connectivity index (χ4v) is 5.92. The zero-order valence-electron chi connectivity index (χ0n) is 17.2. The van der Waals surface area contributed by atoms with Gasteiger partial charge >= 0.3 is 12.4 Å². The Morgan fingerprint density at radius 2 is 1.61 bits per heavy atom. The van der Waals surface area contributed by atoms with E-state index in [0.717, 1.165) is 12.1 Å². The highest BCUT2D eigenvalue weighted by Gasteiger charge is 2.71. The number of allylic oxidation sites excluding steroid dienone is 4. The molecule has 0 bridgehead atoms. The van der Waals surface area contributed by atoms with Crippen LogP contribution in [0.15, 0.2) is 47.4 Å². The van der Waals surface area contributed by atoms with Gasteiger partial charge in [0.25, 0.3) is 5.60 Å². The first-order chi connectivity index (χ1) is 15.1. The molecule has 0 unspecified atom stereocenters. The average Bonchev–Trinajstić information content (AvgIpc) is 2.72. The molecule has 182 valence electrons. The van der Waals surface area contributed by atoms with E-state index in [-0.39, 0.29) is 24.5 Å². The van der Waals surface area contributed by atoms with E-state index in [1.165, 1.54) is 10.4 Å². The number of rotatable bonds is 4. The maximum atomic E-state index is 13.1. The summed E-state index contributed by atoms with van der Waals surface area (Å²) < 4.78 is 106. The van der Waals surface area contributed by atoms with Crippen LogP contribution in [0.1, 0.15) is 18.9 Å². The number of hydrogen-bond donors (Lipinski definition) is 1. The summed E-state index contributed by atoms with van der Waals surface area (Å²) in [6, 6.07) is 2.80. The quantitative estimate of drug-likeness (QED) is 0.485. The molecule has 3 rings (SSSR count). The van der Waals surface area contributed by atoms with Crippen molar-refractivity contribution in [1.82, 2.24) is 4.31 Å². The molecule has 5 nitrogen and oxygen atoms in total. The topological polar surface area (TPSA) is 60.9 Å². The van der Waals surface area contributed by atoms with E-state index in [4.69, 9.17) is 12.2 Å². The molecule has 0 spiro atoms. The molecule has 1 saturated heterocycles. The summed E-state index contributed by atoms with van der Waals surface area (Å²) in [6.45, 7) is 1.93. The number of anilines is 1. The SMILES string of the molecule is C[C@H]1CN(S(=O)(=O)C2=CC=CCC2=S)CCN1c1ccc(C(O)(C(F)(F)F)C(F)(F)F)cc1. The van der Waals surface area contributed by atoms with Crippen molar-refractivity contribution in [1.29, 1.82) is 0 Å². The van der Waals surface area contributed by atoms with E-state index >= 15 is 0 Å². The summed E-state index contributed by atoms with van der Waals surface area (Å²) in [5.41, 5.74) is -6.06. The van der Waals surface area contributed by atoms with Crippen LogP contribution in [0, 0.1) is 0 Å². The minimum absolute atomic E-state index is 0.0444. The third-order valence-electron chi connectivity index (χ3n) is 5.61. The van der Waals surface area contributed by atoms with E-state index in [2.05, 4.69) is 0 Å². The number of alkyl halides is 6. The van der Waals surface area contributed by atoms with Crippen molar-refractivity contribution in [2.75, 3.05) is 24.5 Å². The number of thiocarbonyl (C=S) groups is 1. The zero-order valence-corrected chi connectivity index (χ0v) is 18.8. The zero-order chi connectivity index (χ0) is 24.8. The van der Waals surface area contributed by atoms with Gasteiger partial charge in [0.2, 0.25) is 10.0 Å². The Morgan fingerprint density at radius 3 is 2.09 bits per heavy atom. The summed E-state index contributed by atoms with van der Waals surface area (Å²) in [7, 11) is -3.84. The van der Waals surface area contributed by atoms with Crippen molar-refractivity contribution in [3.63, 3.8) is 0 Å². The third kappa shape index (κ3) is 4.55. The smallest absolute Gasteiger partial charge is 0.369 e. The first kappa shape index (κ1) is 25.7. The Morgan fingerprint density at radius 1 is 1.03 bits per heavy atom. The summed E-state index contributed by atoms with van der Waals surface area (Å²) in [6.07, 6.45) is -6.83. The number of hydrogen-bond acceptors (Lipinski definition) is 5. The van der Waals surface area contributed by atoms with Crippen LogP contribution >= 0.6 is 12.2 Å². The molecule has 1 fully saturated rings. The lowest BCUT2D eigenvalue weighted by atomic mass is 9.92. The fourth-order valence-electron chi connectivity index (χ4n) is 3.80. The second kappa shape index (κ2) is 8.67. The largest absolute Gasteiger partial charge is 0.430 e. The number of nitrogens with zero attached hydrogens (tertiary/aromatic N) is 2. The monoisotopic (exact) mass is 514 g/mol. The molecular formula is C20H20F6N2O3S2. The van der Waals surface area contributed by atoms with Crippen LogP contribution in [-0.4, -0.2) is 60.7 Å². The van der Waals surface area contributed by atoms with Gasteiger partial charge < -0.3 is 10.0 Å². The molecule has 1 heterocycles. The molecule has 0 saturated carbocycles. The second-order valence-electron chi connectivity index (χ2n) is 7.74. The van der Waals surface area contributed by atoms with E-state index in [9.17, 15) is 39.9 Å². The third-order valence-corrected chi connectivity index (χ3v) is 8.07. The fraction of sp³-hybridized carbons (Fsp3) is 0.450. The minimum atomic E-state index is -5.97. The van der Waals surface area contributed by atoms with Gasteiger partial charge in [0.05, 0.1) is 4.91 Å². The maximum absolute atomic E-state index is 13.1. The molecule has 1 aliphatic heterocycles. The Balaban J connectivity index is 1.81. The van der Waals surface area contributed by atoms with Crippen molar-refractivity contribution in [2.45, 2.75) is 37.3 Å². The van der Waals surface area contributed by atoms with Crippen molar-refractivity contribution >= 4 is 32.8 Å². The van der Waals surface area contributed by atoms with Gasteiger partial charge in [-0.1, -0.05) is 36.5 Å². The highest BCUT2D eigenvalue weighted by Crippen LogP contribution is 2.50. The number of aliphatic hydroxyl groups is 1. The van der Waals surface area contributed by atoms with Crippen LogP contribution in [0.2, 0.25) is 0 Å². The predicted octanol–water partition coefficient (Wildman–Crippen LogP) is 4.05. The lowest BCUT2D eigenvalue weighted by molar-refractivity contribution is -0.376. The van der Waals surface area contributed by atoms with E-state index in [1.807, 2.05) is 0 Å². The first-order valence-corrected chi connectivity index (χ1v) is 11.6. The van der Waals surface area contributed by atoms with E-state index < -0.39 is 39.6 Å². The number of benzene rings is 1. The van der Waals surface area contributed by atoms with Crippen LogP contribution in [0.3, 0.4) is 0 Å². The van der Waals surface area contributed by atoms with Crippen LogP contribution in [-0.2, 0) is 15.6 Å². The summed E-state index contributed by atoms with van der Waals surface area (Å²) in [4.78, 5) is 2.01. The molecule has 1 atom stereocenters. The van der Waals surface area contributed by atoms with Crippen LogP contribution < -0.4 is 4.90 Å². The lowest BCUT2D eigenvalue weighted by Gasteiger charge is -2.41. The summed E-state index contributed by atoms with van der Waals surface area (Å²) in [5, 5.41) is 9.52. The molecule has 1 N–H and O–H groups in total. The summed E-state index contributed by atoms with van der Waals surface area (Å²) in [5.74, 6) is 0. The van der Waals surface area contributed by atoms with Crippen LogP contribution in [0.25, 0.3) is 0 Å².